The lowest BCUT2D eigenvalue weighted by atomic mass is 9.86. The molecule has 5 nitrogen and oxygen atoms in total. The molecule has 0 aliphatic heterocycles. The summed E-state index contributed by atoms with van der Waals surface area (Å²) in [5, 5.41) is 10.7. The molecule has 0 fully saturated rings. The van der Waals surface area contributed by atoms with Gasteiger partial charge in [-0.3, -0.25) is 5.10 Å². The first-order valence-corrected chi connectivity index (χ1v) is 9.09. The zero-order chi connectivity index (χ0) is 17.1. The molecule has 0 saturated heterocycles. The molecule has 5 aromatic rings. The fourth-order valence-electron chi connectivity index (χ4n) is 4.34. The summed E-state index contributed by atoms with van der Waals surface area (Å²) in [6.07, 6.45) is 10.4. The maximum atomic E-state index is 5.02. The van der Waals surface area contributed by atoms with Gasteiger partial charge in [-0.1, -0.05) is 6.07 Å². The number of benzene rings is 1. The van der Waals surface area contributed by atoms with Crippen molar-refractivity contribution in [2.75, 3.05) is 0 Å². The van der Waals surface area contributed by atoms with E-state index in [9.17, 15) is 0 Å². The Morgan fingerprint density at radius 1 is 0.923 bits per heavy atom. The smallest absolute Gasteiger partial charge is 0.160 e. The number of H-pyrrole nitrogens is 2. The number of aryl methyl sites for hydroxylation is 1. The van der Waals surface area contributed by atoms with E-state index in [1.54, 1.807) is 0 Å². The van der Waals surface area contributed by atoms with Crippen LogP contribution in [0.25, 0.3) is 44.1 Å². The van der Waals surface area contributed by atoms with Gasteiger partial charge in [0.25, 0.3) is 0 Å². The predicted octanol–water partition coefficient (Wildman–Crippen LogP) is 4.53. The van der Waals surface area contributed by atoms with Crippen LogP contribution in [0.5, 0.6) is 0 Å². The summed E-state index contributed by atoms with van der Waals surface area (Å²) in [6.45, 7) is 0. The SMILES string of the molecule is c1cc2c(cnc3nc(-c4ccc5[nH]ncc5c4)c4c(c32)CCCC4)[nH]1. The molecule has 4 heterocycles. The molecule has 1 aliphatic carbocycles. The van der Waals surface area contributed by atoms with E-state index in [1.807, 2.05) is 18.6 Å². The third-order valence-corrected chi connectivity index (χ3v) is 5.57. The molecule has 0 spiro atoms. The second kappa shape index (κ2) is 5.14. The molecule has 2 N–H and O–H groups in total. The summed E-state index contributed by atoms with van der Waals surface area (Å²) < 4.78 is 0. The highest BCUT2D eigenvalue weighted by molar-refractivity contribution is 6.06. The van der Waals surface area contributed by atoms with Gasteiger partial charge in [-0.05, 0) is 55.0 Å². The molecular weight excluding hydrogens is 322 g/mol. The monoisotopic (exact) mass is 339 g/mol. The average molecular weight is 339 g/mol. The van der Waals surface area contributed by atoms with E-state index < -0.39 is 0 Å². The fraction of sp³-hybridized carbons (Fsp3) is 0.190. The van der Waals surface area contributed by atoms with Crippen molar-refractivity contribution in [3.05, 3.63) is 54.0 Å². The fourth-order valence-corrected chi connectivity index (χ4v) is 4.34. The first-order valence-electron chi connectivity index (χ1n) is 9.09. The molecule has 0 saturated carbocycles. The minimum Gasteiger partial charge on any atom is -0.360 e. The lowest BCUT2D eigenvalue weighted by Crippen LogP contribution is -2.08. The van der Waals surface area contributed by atoms with E-state index in [0.717, 1.165) is 46.2 Å². The van der Waals surface area contributed by atoms with Gasteiger partial charge in [-0.25, -0.2) is 9.97 Å². The average Bonchev–Trinajstić information content (AvgIpc) is 3.35. The zero-order valence-corrected chi connectivity index (χ0v) is 14.2. The van der Waals surface area contributed by atoms with Gasteiger partial charge in [0.1, 0.15) is 0 Å². The molecule has 26 heavy (non-hydrogen) atoms. The first-order chi connectivity index (χ1) is 12.9. The highest BCUT2D eigenvalue weighted by atomic mass is 15.1. The summed E-state index contributed by atoms with van der Waals surface area (Å²) in [5.74, 6) is 0. The number of rotatable bonds is 1. The van der Waals surface area contributed by atoms with E-state index in [2.05, 4.69) is 44.4 Å². The topological polar surface area (TPSA) is 70.2 Å². The van der Waals surface area contributed by atoms with Crippen LogP contribution in [-0.2, 0) is 12.8 Å². The maximum Gasteiger partial charge on any atom is 0.160 e. The molecule has 1 aliphatic rings. The van der Waals surface area contributed by atoms with Crippen LogP contribution in [0.3, 0.4) is 0 Å². The molecule has 0 amide bonds. The minimum atomic E-state index is 0.847. The summed E-state index contributed by atoms with van der Waals surface area (Å²) in [4.78, 5) is 13.0. The van der Waals surface area contributed by atoms with Gasteiger partial charge in [-0.15, -0.1) is 0 Å². The van der Waals surface area contributed by atoms with Crippen molar-refractivity contribution in [3.8, 4) is 11.3 Å². The lowest BCUT2D eigenvalue weighted by molar-refractivity contribution is 0.689. The molecule has 4 aromatic heterocycles. The third kappa shape index (κ3) is 1.88. The Balaban J connectivity index is 1.71. The van der Waals surface area contributed by atoms with Crippen LogP contribution in [-0.4, -0.2) is 25.1 Å². The Labute approximate surface area is 149 Å². The van der Waals surface area contributed by atoms with Crippen molar-refractivity contribution < 1.29 is 0 Å². The molecule has 6 rings (SSSR count). The van der Waals surface area contributed by atoms with Gasteiger partial charge in [0, 0.05) is 27.9 Å². The largest absolute Gasteiger partial charge is 0.360 e. The van der Waals surface area contributed by atoms with Crippen LogP contribution in [0.4, 0.5) is 0 Å². The molecule has 1 aromatic carbocycles. The highest BCUT2D eigenvalue weighted by Gasteiger charge is 2.21. The Hall–Kier alpha value is -3.21. The molecule has 5 heteroatoms. The van der Waals surface area contributed by atoms with Gasteiger partial charge >= 0.3 is 0 Å². The summed E-state index contributed by atoms with van der Waals surface area (Å²) >= 11 is 0. The van der Waals surface area contributed by atoms with E-state index in [1.165, 1.54) is 34.7 Å². The normalized spacial score (nSPS) is 14.3. The Morgan fingerprint density at radius 3 is 2.81 bits per heavy atom. The molecule has 0 bridgehead atoms. The molecular formula is C21H17N5. The highest BCUT2D eigenvalue weighted by Crippen LogP contribution is 2.37. The summed E-state index contributed by atoms with van der Waals surface area (Å²) in [6, 6.07) is 8.55. The van der Waals surface area contributed by atoms with Gasteiger partial charge in [-0.2, -0.15) is 5.10 Å². The third-order valence-electron chi connectivity index (χ3n) is 5.57. The summed E-state index contributed by atoms with van der Waals surface area (Å²) in [5.41, 5.74) is 8.03. The molecule has 126 valence electrons. The van der Waals surface area contributed by atoms with Crippen molar-refractivity contribution in [1.82, 2.24) is 25.1 Å². The van der Waals surface area contributed by atoms with E-state index in [4.69, 9.17) is 4.98 Å². The Morgan fingerprint density at radius 2 is 1.85 bits per heavy atom. The van der Waals surface area contributed by atoms with E-state index >= 15 is 0 Å². The van der Waals surface area contributed by atoms with Crippen molar-refractivity contribution in [1.29, 1.82) is 0 Å². The number of nitrogens with one attached hydrogen (secondary N) is 2. The van der Waals surface area contributed by atoms with Crippen LogP contribution < -0.4 is 0 Å². The van der Waals surface area contributed by atoms with Crippen LogP contribution in [0, 0.1) is 0 Å². The van der Waals surface area contributed by atoms with Crippen LogP contribution in [0.15, 0.2) is 42.9 Å². The number of aromatic nitrogens is 5. The van der Waals surface area contributed by atoms with Gasteiger partial charge < -0.3 is 4.98 Å². The second-order valence-corrected chi connectivity index (χ2v) is 7.06. The number of hydrogen-bond donors (Lipinski definition) is 2. The Kier molecular flexibility index (Phi) is 2.77. The van der Waals surface area contributed by atoms with Crippen molar-refractivity contribution >= 4 is 32.8 Å². The van der Waals surface area contributed by atoms with Crippen molar-refractivity contribution in [2.24, 2.45) is 0 Å². The standard InChI is InChI=1S/C21H17N5/c1-2-4-15-14(3-1)19-16-7-8-22-18(16)11-23-21(19)25-20(15)12-5-6-17-13(9-12)10-24-26-17/h5-11,22H,1-4H2,(H,24,26). The van der Waals surface area contributed by atoms with Crippen LogP contribution >= 0.6 is 0 Å². The van der Waals surface area contributed by atoms with Crippen molar-refractivity contribution in [2.45, 2.75) is 25.7 Å². The van der Waals surface area contributed by atoms with Crippen LogP contribution in [0.1, 0.15) is 24.0 Å². The van der Waals surface area contributed by atoms with Gasteiger partial charge in [0.15, 0.2) is 5.65 Å². The van der Waals surface area contributed by atoms with Crippen molar-refractivity contribution in [3.63, 3.8) is 0 Å². The minimum absolute atomic E-state index is 0.847. The molecule has 0 atom stereocenters. The maximum absolute atomic E-state index is 5.02. The lowest BCUT2D eigenvalue weighted by Gasteiger charge is -2.21. The number of pyridine rings is 2. The quantitative estimate of drug-likeness (QED) is 0.471. The molecule has 0 unspecified atom stereocenters. The number of nitrogens with zero attached hydrogens (tertiary/aromatic N) is 3. The molecule has 0 radical (unpaired) electrons. The number of aromatic amines is 2. The Bertz CT molecular complexity index is 1290. The first kappa shape index (κ1) is 14.0. The number of hydrogen-bond acceptors (Lipinski definition) is 3. The van der Waals surface area contributed by atoms with Gasteiger partial charge in [0.2, 0.25) is 0 Å². The zero-order valence-electron chi connectivity index (χ0n) is 14.2. The van der Waals surface area contributed by atoms with Crippen LogP contribution in [0.2, 0.25) is 0 Å². The van der Waals surface area contributed by atoms with Gasteiger partial charge in [0.05, 0.1) is 29.1 Å². The second-order valence-electron chi connectivity index (χ2n) is 7.06. The number of fused-ring (bicyclic) bond motifs is 6. The van der Waals surface area contributed by atoms with E-state index in [-0.39, 0.29) is 0 Å². The van der Waals surface area contributed by atoms with E-state index in [0.29, 0.717) is 0 Å². The summed E-state index contributed by atoms with van der Waals surface area (Å²) in [7, 11) is 0. The predicted molar refractivity (Wildman–Crippen MR) is 103 cm³/mol.